The number of ether oxygens (including phenoxy) is 2. The van der Waals surface area contributed by atoms with Crippen molar-refractivity contribution in [2.75, 3.05) is 12.4 Å². The Balaban J connectivity index is 1.79. The molecule has 0 bridgehead atoms. The maximum absolute atomic E-state index is 12.6. The van der Waals surface area contributed by atoms with Crippen LogP contribution in [0.4, 0.5) is 5.00 Å². The fraction of sp³-hybridized carbons (Fsp3) is 0.400. The van der Waals surface area contributed by atoms with Crippen molar-refractivity contribution in [2.45, 2.75) is 45.6 Å². The maximum atomic E-state index is 12.6. The lowest BCUT2D eigenvalue weighted by Gasteiger charge is -2.16. The number of para-hydroxylation sites is 1. The number of nitrogens with one attached hydrogen (secondary N) is 1. The summed E-state index contributed by atoms with van der Waals surface area (Å²) < 4.78 is 10.7. The van der Waals surface area contributed by atoms with Crippen LogP contribution in [0, 0.1) is 6.92 Å². The molecule has 0 aliphatic heterocycles. The highest BCUT2D eigenvalue weighted by Crippen LogP contribution is 2.38. The highest BCUT2D eigenvalue weighted by atomic mass is 32.1. The number of anilines is 1. The van der Waals surface area contributed by atoms with Crippen molar-refractivity contribution in [1.29, 1.82) is 0 Å². The first kappa shape index (κ1) is 18.5. The number of thiophene rings is 1. The van der Waals surface area contributed by atoms with Gasteiger partial charge >= 0.3 is 5.97 Å². The molecule has 1 aromatic heterocycles. The molecule has 2 aromatic rings. The molecule has 1 aliphatic carbocycles. The lowest BCUT2D eigenvalue weighted by atomic mass is 9.95. The van der Waals surface area contributed by atoms with Gasteiger partial charge in [-0.3, -0.25) is 4.79 Å². The van der Waals surface area contributed by atoms with E-state index in [1.807, 2.05) is 31.2 Å². The minimum atomic E-state index is -0.680. The second-order valence-electron chi connectivity index (χ2n) is 6.42. The van der Waals surface area contributed by atoms with Crippen LogP contribution < -0.4 is 10.1 Å². The van der Waals surface area contributed by atoms with Crippen molar-refractivity contribution in [1.82, 2.24) is 0 Å². The van der Waals surface area contributed by atoms with E-state index in [0.29, 0.717) is 16.3 Å². The number of esters is 1. The fourth-order valence-corrected chi connectivity index (χ4v) is 4.40. The fourth-order valence-electron chi connectivity index (χ4n) is 3.12. The molecule has 0 saturated carbocycles. The van der Waals surface area contributed by atoms with Gasteiger partial charge in [-0.1, -0.05) is 18.2 Å². The van der Waals surface area contributed by atoms with Gasteiger partial charge in [-0.15, -0.1) is 11.3 Å². The second-order valence-corrected chi connectivity index (χ2v) is 7.53. The van der Waals surface area contributed by atoms with Gasteiger partial charge in [-0.2, -0.15) is 0 Å². The number of carbonyl (C=O) groups excluding carboxylic acids is 2. The van der Waals surface area contributed by atoms with E-state index in [1.165, 1.54) is 23.3 Å². The van der Waals surface area contributed by atoms with E-state index < -0.39 is 12.1 Å². The van der Waals surface area contributed by atoms with Gasteiger partial charge in [0.25, 0.3) is 5.91 Å². The van der Waals surface area contributed by atoms with E-state index in [2.05, 4.69) is 5.32 Å². The van der Waals surface area contributed by atoms with Crippen LogP contribution in [0.1, 0.15) is 46.1 Å². The summed E-state index contributed by atoms with van der Waals surface area (Å²) in [6, 6.07) is 7.56. The average molecular weight is 373 g/mol. The van der Waals surface area contributed by atoms with Crippen LogP contribution in [0.3, 0.4) is 0 Å². The molecule has 0 radical (unpaired) electrons. The normalized spacial score (nSPS) is 14.3. The van der Waals surface area contributed by atoms with Gasteiger partial charge < -0.3 is 14.8 Å². The Labute approximate surface area is 157 Å². The molecule has 0 fully saturated rings. The maximum Gasteiger partial charge on any atom is 0.341 e. The Morgan fingerprint density at radius 1 is 1.19 bits per heavy atom. The third-order valence-corrected chi connectivity index (χ3v) is 5.77. The zero-order valence-corrected chi connectivity index (χ0v) is 16.1. The first-order valence-electron chi connectivity index (χ1n) is 8.77. The van der Waals surface area contributed by atoms with Crippen molar-refractivity contribution < 1.29 is 19.1 Å². The summed E-state index contributed by atoms with van der Waals surface area (Å²) in [5, 5.41) is 3.44. The van der Waals surface area contributed by atoms with Gasteiger partial charge in [-0.05, 0) is 56.7 Å². The van der Waals surface area contributed by atoms with Gasteiger partial charge in [-0.25, -0.2) is 4.79 Å². The van der Waals surface area contributed by atoms with Crippen LogP contribution in [0.5, 0.6) is 5.75 Å². The summed E-state index contributed by atoms with van der Waals surface area (Å²) in [7, 11) is 1.37. The van der Waals surface area contributed by atoms with Crippen LogP contribution in [-0.4, -0.2) is 25.1 Å². The first-order valence-corrected chi connectivity index (χ1v) is 9.59. The quantitative estimate of drug-likeness (QED) is 0.801. The molecular weight excluding hydrogens is 350 g/mol. The molecule has 1 amide bonds. The van der Waals surface area contributed by atoms with Crippen molar-refractivity contribution >= 4 is 28.2 Å². The van der Waals surface area contributed by atoms with Crippen molar-refractivity contribution in [2.24, 2.45) is 0 Å². The van der Waals surface area contributed by atoms with Crippen molar-refractivity contribution in [3.05, 3.63) is 45.8 Å². The summed E-state index contributed by atoms with van der Waals surface area (Å²) in [4.78, 5) is 26.0. The summed E-state index contributed by atoms with van der Waals surface area (Å²) in [6.07, 6.45) is 3.26. The number of carbonyl (C=O) groups is 2. The smallest absolute Gasteiger partial charge is 0.341 e. The van der Waals surface area contributed by atoms with E-state index in [0.717, 1.165) is 36.8 Å². The summed E-state index contributed by atoms with van der Waals surface area (Å²) in [6.45, 7) is 3.63. The zero-order chi connectivity index (χ0) is 18.7. The number of rotatable bonds is 5. The first-order chi connectivity index (χ1) is 12.5. The molecule has 0 spiro atoms. The van der Waals surface area contributed by atoms with Gasteiger partial charge in [0, 0.05) is 4.88 Å². The number of benzene rings is 1. The minimum Gasteiger partial charge on any atom is -0.481 e. The van der Waals surface area contributed by atoms with E-state index >= 15 is 0 Å². The number of aryl methyl sites for hydroxylation is 2. The minimum absolute atomic E-state index is 0.281. The monoisotopic (exact) mass is 373 g/mol. The van der Waals surface area contributed by atoms with E-state index in [9.17, 15) is 9.59 Å². The van der Waals surface area contributed by atoms with E-state index in [-0.39, 0.29) is 5.91 Å². The molecule has 0 unspecified atom stereocenters. The van der Waals surface area contributed by atoms with Crippen molar-refractivity contribution in [3.8, 4) is 5.75 Å². The third-order valence-electron chi connectivity index (χ3n) is 4.56. The molecule has 26 heavy (non-hydrogen) atoms. The van der Waals surface area contributed by atoms with Crippen LogP contribution in [0.25, 0.3) is 0 Å². The topological polar surface area (TPSA) is 64.6 Å². The average Bonchev–Trinajstić information content (AvgIpc) is 3.00. The molecule has 1 atom stereocenters. The Morgan fingerprint density at radius 3 is 2.65 bits per heavy atom. The van der Waals surface area contributed by atoms with E-state index in [1.54, 1.807) is 6.92 Å². The predicted octanol–water partition coefficient (Wildman–Crippen LogP) is 4.13. The standard InChI is InChI=1S/C20H23NO4S/c1-12-8-4-6-10-15(12)25-13(2)18(22)21-19-17(20(23)24-3)14-9-5-7-11-16(14)26-19/h4,6,8,10,13H,5,7,9,11H2,1-3H3,(H,21,22)/t13-/m1/s1. The van der Waals surface area contributed by atoms with Gasteiger partial charge in [0.1, 0.15) is 10.8 Å². The van der Waals surface area contributed by atoms with Gasteiger partial charge in [0.2, 0.25) is 0 Å². The molecule has 1 aromatic carbocycles. The number of fused-ring (bicyclic) bond motifs is 1. The predicted molar refractivity (Wildman–Crippen MR) is 102 cm³/mol. The van der Waals surface area contributed by atoms with Crippen LogP contribution in [0.2, 0.25) is 0 Å². The SMILES string of the molecule is COC(=O)c1c(NC(=O)[C@@H](C)Oc2ccccc2C)sc2c1CCCC2. The number of amides is 1. The highest BCUT2D eigenvalue weighted by Gasteiger charge is 2.28. The Morgan fingerprint density at radius 2 is 1.92 bits per heavy atom. The van der Waals surface area contributed by atoms with Crippen molar-refractivity contribution in [3.63, 3.8) is 0 Å². The molecule has 138 valence electrons. The zero-order valence-electron chi connectivity index (χ0n) is 15.3. The van der Waals surface area contributed by atoms with Crippen LogP contribution >= 0.6 is 11.3 Å². The largest absolute Gasteiger partial charge is 0.481 e. The highest BCUT2D eigenvalue weighted by molar-refractivity contribution is 7.17. The lowest BCUT2D eigenvalue weighted by molar-refractivity contribution is -0.122. The van der Waals surface area contributed by atoms with E-state index in [4.69, 9.17) is 9.47 Å². The Kier molecular flexibility index (Phi) is 5.61. The number of hydrogen-bond donors (Lipinski definition) is 1. The van der Waals surface area contributed by atoms with Gasteiger partial charge in [0.15, 0.2) is 6.10 Å². The van der Waals surface area contributed by atoms with Crippen LogP contribution in [-0.2, 0) is 22.4 Å². The molecular formula is C20H23NO4S. The Bertz CT molecular complexity index is 827. The van der Waals surface area contributed by atoms with Crippen LogP contribution in [0.15, 0.2) is 24.3 Å². The number of methoxy groups -OCH3 is 1. The molecule has 3 rings (SSSR count). The molecule has 1 heterocycles. The summed E-state index contributed by atoms with van der Waals surface area (Å²) in [5.41, 5.74) is 2.49. The molecule has 1 N–H and O–H groups in total. The molecule has 6 heteroatoms. The summed E-state index contributed by atoms with van der Waals surface area (Å²) in [5.74, 6) is -0.00186. The molecule has 5 nitrogen and oxygen atoms in total. The number of hydrogen-bond acceptors (Lipinski definition) is 5. The molecule has 0 saturated heterocycles. The lowest BCUT2D eigenvalue weighted by Crippen LogP contribution is -2.30. The molecule has 1 aliphatic rings. The second kappa shape index (κ2) is 7.91. The third kappa shape index (κ3) is 3.75. The summed E-state index contributed by atoms with van der Waals surface area (Å²) >= 11 is 1.47. The Hall–Kier alpha value is -2.34. The van der Waals surface area contributed by atoms with Gasteiger partial charge in [0.05, 0.1) is 12.7 Å².